The smallest absolute Gasteiger partial charge is 0.259 e. The highest BCUT2D eigenvalue weighted by Gasteiger charge is 2.21. The Bertz CT molecular complexity index is 1130. The lowest BCUT2D eigenvalue weighted by atomic mass is 10.2. The van der Waals surface area contributed by atoms with Gasteiger partial charge in [0.15, 0.2) is 0 Å². The van der Waals surface area contributed by atoms with Crippen molar-refractivity contribution in [1.29, 1.82) is 0 Å². The van der Waals surface area contributed by atoms with E-state index in [0.717, 1.165) is 29.5 Å². The number of amides is 1. The minimum atomic E-state index is -0.0923. The Kier molecular flexibility index (Phi) is 6.12. The SMILES string of the molecule is COc1ccc(NC(=O)CCSCc2nc3sc4c(c3c(=O)[nH]2)CCC4)cc1Cl. The lowest BCUT2D eigenvalue weighted by Gasteiger charge is -2.08. The average Bonchev–Trinajstić information content (AvgIpc) is 3.26. The molecule has 0 saturated heterocycles. The summed E-state index contributed by atoms with van der Waals surface area (Å²) in [7, 11) is 1.54. The van der Waals surface area contributed by atoms with Gasteiger partial charge in [0.05, 0.1) is 23.3 Å². The zero-order valence-corrected chi connectivity index (χ0v) is 18.2. The lowest BCUT2D eigenvalue weighted by Crippen LogP contribution is -2.13. The number of aryl methyl sites for hydroxylation is 2. The molecule has 0 saturated carbocycles. The summed E-state index contributed by atoms with van der Waals surface area (Å²) in [6, 6.07) is 5.12. The number of aromatic amines is 1. The molecule has 0 unspecified atom stereocenters. The number of carbonyl (C=O) groups is 1. The number of H-pyrrole nitrogens is 1. The summed E-state index contributed by atoms with van der Waals surface area (Å²) in [6.07, 6.45) is 3.50. The van der Waals surface area contributed by atoms with Crippen molar-refractivity contribution in [2.45, 2.75) is 31.4 Å². The van der Waals surface area contributed by atoms with E-state index in [0.29, 0.717) is 40.2 Å². The van der Waals surface area contributed by atoms with E-state index in [1.165, 1.54) is 10.4 Å². The Morgan fingerprint density at radius 3 is 3.07 bits per heavy atom. The molecule has 4 rings (SSSR count). The summed E-state index contributed by atoms with van der Waals surface area (Å²) in [5, 5.41) is 4.04. The van der Waals surface area contributed by atoms with Gasteiger partial charge < -0.3 is 15.0 Å². The molecular weight excluding hydrogens is 430 g/mol. The summed E-state index contributed by atoms with van der Waals surface area (Å²) in [5.74, 6) is 2.32. The summed E-state index contributed by atoms with van der Waals surface area (Å²) in [4.78, 5) is 34.3. The molecule has 1 amide bonds. The number of hydrogen-bond acceptors (Lipinski definition) is 6. The molecule has 0 atom stereocenters. The van der Waals surface area contributed by atoms with Crippen LogP contribution in [-0.4, -0.2) is 28.7 Å². The third-order valence-corrected chi connectivity index (χ3v) is 7.22. The van der Waals surface area contributed by atoms with Gasteiger partial charge in [-0.2, -0.15) is 11.8 Å². The molecule has 0 spiro atoms. The molecule has 29 heavy (non-hydrogen) atoms. The van der Waals surface area contributed by atoms with Gasteiger partial charge in [-0.25, -0.2) is 4.98 Å². The number of thiophene rings is 1. The topological polar surface area (TPSA) is 84.1 Å². The van der Waals surface area contributed by atoms with Crippen LogP contribution in [0.4, 0.5) is 5.69 Å². The first-order valence-electron chi connectivity index (χ1n) is 9.29. The van der Waals surface area contributed by atoms with Crippen LogP contribution < -0.4 is 15.6 Å². The van der Waals surface area contributed by atoms with E-state index < -0.39 is 0 Å². The zero-order valence-electron chi connectivity index (χ0n) is 15.8. The molecule has 1 aromatic carbocycles. The quantitative estimate of drug-likeness (QED) is 0.522. The standard InChI is InChI=1S/C20H20ClN3O3S2/c1-27-14-6-5-11(9-13(14)21)22-17(25)7-8-28-10-16-23-19(26)18-12-3-2-4-15(12)29-20(18)24-16/h5-6,9H,2-4,7-8,10H2,1H3,(H,22,25)(H,23,24,26). The van der Waals surface area contributed by atoms with E-state index in [1.807, 2.05) is 0 Å². The summed E-state index contributed by atoms with van der Waals surface area (Å²) >= 11 is 9.28. The fourth-order valence-corrected chi connectivity index (χ4v) is 5.76. The monoisotopic (exact) mass is 449 g/mol. The molecule has 3 aromatic rings. The number of aromatic nitrogens is 2. The van der Waals surface area contributed by atoms with Crippen LogP contribution in [0.5, 0.6) is 5.75 Å². The number of halogens is 1. The van der Waals surface area contributed by atoms with Crippen molar-refractivity contribution >= 4 is 56.5 Å². The van der Waals surface area contributed by atoms with Crippen molar-refractivity contribution in [1.82, 2.24) is 9.97 Å². The molecule has 9 heteroatoms. The predicted molar refractivity (Wildman–Crippen MR) is 120 cm³/mol. The van der Waals surface area contributed by atoms with Crippen molar-refractivity contribution in [3.63, 3.8) is 0 Å². The molecule has 2 aromatic heterocycles. The first kappa shape index (κ1) is 20.3. The van der Waals surface area contributed by atoms with E-state index in [1.54, 1.807) is 48.4 Å². The Morgan fingerprint density at radius 1 is 1.41 bits per heavy atom. The Labute approximate surface area is 181 Å². The first-order valence-corrected chi connectivity index (χ1v) is 11.6. The minimum absolute atomic E-state index is 0.0425. The molecule has 0 radical (unpaired) electrons. The van der Waals surface area contributed by atoms with Gasteiger partial charge in [-0.05, 0) is 43.0 Å². The second-order valence-electron chi connectivity index (χ2n) is 6.75. The summed E-state index contributed by atoms with van der Waals surface area (Å²) in [5.41, 5.74) is 1.78. The number of thioether (sulfide) groups is 1. The maximum Gasteiger partial charge on any atom is 0.259 e. The van der Waals surface area contributed by atoms with Gasteiger partial charge in [-0.15, -0.1) is 11.3 Å². The number of anilines is 1. The molecule has 2 N–H and O–H groups in total. The van der Waals surface area contributed by atoms with Gasteiger partial charge >= 0.3 is 0 Å². The van der Waals surface area contributed by atoms with E-state index in [9.17, 15) is 9.59 Å². The highest BCUT2D eigenvalue weighted by molar-refractivity contribution is 7.98. The number of methoxy groups -OCH3 is 1. The van der Waals surface area contributed by atoms with E-state index in [-0.39, 0.29) is 11.5 Å². The highest BCUT2D eigenvalue weighted by atomic mass is 35.5. The number of nitrogens with one attached hydrogen (secondary N) is 2. The van der Waals surface area contributed by atoms with Crippen molar-refractivity contribution in [3.8, 4) is 5.75 Å². The van der Waals surface area contributed by atoms with Crippen LogP contribution in [0.15, 0.2) is 23.0 Å². The van der Waals surface area contributed by atoms with Gasteiger partial charge in [0.25, 0.3) is 5.56 Å². The van der Waals surface area contributed by atoms with Crippen LogP contribution in [0, 0.1) is 0 Å². The van der Waals surface area contributed by atoms with Crippen molar-refractivity contribution in [2.75, 3.05) is 18.2 Å². The third-order valence-electron chi connectivity index (χ3n) is 4.77. The Morgan fingerprint density at radius 2 is 2.28 bits per heavy atom. The number of nitrogens with zero attached hydrogens (tertiary/aromatic N) is 1. The Balaban J connectivity index is 1.30. The van der Waals surface area contributed by atoms with Crippen LogP contribution in [0.3, 0.4) is 0 Å². The number of carbonyl (C=O) groups excluding carboxylic acids is 1. The predicted octanol–water partition coefficient (Wildman–Crippen LogP) is 4.40. The second kappa shape index (κ2) is 8.77. The number of hydrogen-bond donors (Lipinski definition) is 2. The van der Waals surface area contributed by atoms with Crippen LogP contribution in [-0.2, 0) is 23.4 Å². The Hall–Kier alpha value is -2.03. The second-order valence-corrected chi connectivity index (χ2v) is 9.35. The number of ether oxygens (including phenoxy) is 1. The van der Waals surface area contributed by atoms with Gasteiger partial charge in [0.1, 0.15) is 16.4 Å². The van der Waals surface area contributed by atoms with Gasteiger partial charge in [-0.3, -0.25) is 9.59 Å². The molecule has 6 nitrogen and oxygen atoms in total. The first-order chi connectivity index (χ1) is 14.0. The fraction of sp³-hybridized carbons (Fsp3) is 0.350. The zero-order chi connectivity index (χ0) is 20.4. The van der Waals surface area contributed by atoms with Gasteiger partial charge in [-0.1, -0.05) is 11.6 Å². The van der Waals surface area contributed by atoms with Crippen LogP contribution >= 0.6 is 34.7 Å². The van der Waals surface area contributed by atoms with Crippen LogP contribution in [0.1, 0.15) is 29.1 Å². The molecule has 1 aliphatic rings. The van der Waals surface area contributed by atoms with E-state index >= 15 is 0 Å². The molecule has 1 aliphatic carbocycles. The molecular formula is C20H20ClN3O3S2. The fourth-order valence-electron chi connectivity index (χ4n) is 3.42. The maximum atomic E-state index is 12.5. The third kappa shape index (κ3) is 4.44. The normalized spacial score (nSPS) is 12.9. The van der Waals surface area contributed by atoms with Gasteiger partial charge in [0.2, 0.25) is 5.91 Å². The van der Waals surface area contributed by atoms with E-state index in [4.69, 9.17) is 16.3 Å². The highest BCUT2D eigenvalue weighted by Crippen LogP contribution is 2.34. The molecule has 2 heterocycles. The van der Waals surface area contributed by atoms with Gasteiger partial charge in [0, 0.05) is 22.7 Å². The minimum Gasteiger partial charge on any atom is -0.495 e. The van der Waals surface area contributed by atoms with Crippen molar-refractivity contribution in [3.05, 3.63) is 49.8 Å². The maximum absolute atomic E-state index is 12.5. The number of fused-ring (bicyclic) bond motifs is 3. The van der Waals surface area contributed by atoms with Crippen LogP contribution in [0.2, 0.25) is 5.02 Å². The van der Waals surface area contributed by atoms with Crippen LogP contribution in [0.25, 0.3) is 10.2 Å². The molecule has 0 bridgehead atoms. The average molecular weight is 450 g/mol. The van der Waals surface area contributed by atoms with Crippen molar-refractivity contribution in [2.24, 2.45) is 0 Å². The number of benzene rings is 1. The van der Waals surface area contributed by atoms with Crippen molar-refractivity contribution < 1.29 is 9.53 Å². The summed E-state index contributed by atoms with van der Waals surface area (Å²) in [6.45, 7) is 0. The van der Waals surface area contributed by atoms with E-state index in [2.05, 4.69) is 15.3 Å². The lowest BCUT2D eigenvalue weighted by molar-refractivity contribution is -0.115. The summed E-state index contributed by atoms with van der Waals surface area (Å²) < 4.78 is 5.10. The molecule has 152 valence electrons. The molecule has 0 fully saturated rings. The largest absolute Gasteiger partial charge is 0.495 e. The number of rotatable bonds is 7. The molecule has 0 aliphatic heterocycles.